The molecule has 2 aromatic rings. The van der Waals surface area contributed by atoms with Crippen LogP contribution in [0.2, 0.25) is 10.0 Å². The molecule has 1 saturated carbocycles. The third kappa shape index (κ3) is 4.30. The van der Waals surface area contributed by atoms with Crippen LogP contribution >= 0.6 is 23.2 Å². The van der Waals surface area contributed by atoms with Gasteiger partial charge in [-0.1, -0.05) is 54.6 Å². The van der Waals surface area contributed by atoms with Crippen LogP contribution in [0.1, 0.15) is 49.3 Å². The Hall–Kier alpha value is -2.70. The highest BCUT2D eigenvalue weighted by Gasteiger charge is 2.48. The molecule has 1 heterocycles. The predicted octanol–water partition coefficient (Wildman–Crippen LogP) is 5.77. The van der Waals surface area contributed by atoms with Gasteiger partial charge in [0, 0.05) is 11.6 Å². The minimum atomic E-state index is -0.723. The van der Waals surface area contributed by atoms with E-state index in [2.05, 4.69) is 0 Å². The van der Waals surface area contributed by atoms with Gasteiger partial charge in [0.1, 0.15) is 11.5 Å². The van der Waals surface area contributed by atoms with Crippen LogP contribution in [-0.4, -0.2) is 42.0 Å². The number of ether oxygens (including phenoxy) is 2. The Labute approximate surface area is 202 Å². The van der Waals surface area contributed by atoms with Crippen molar-refractivity contribution in [2.75, 3.05) is 14.2 Å². The molecule has 1 amide bonds. The number of amides is 1. The third-order valence-corrected chi connectivity index (χ3v) is 6.92. The van der Waals surface area contributed by atoms with Gasteiger partial charge in [-0.15, -0.1) is 0 Å². The molecule has 1 N–H and O–H groups in total. The molecule has 1 unspecified atom stereocenters. The van der Waals surface area contributed by atoms with E-state index in [0.717, 1.165) is 32.1 Å². The summed E-state index contributed by atoms with van der Waals surface area (Å²) in [6.45, 7) is 0. The van der Waals surface area contributed by atoms with Crippen LogP contribution in [0.4, 0.5) is 0 Å². The van der Waals surface area contributed by atoms with Gasteiger partial charge in [-0.2, -0.15) is 0 Å². The number of carbonyl (C=O) groups is 2. The molecule has 0 radical (unpaired) electrons. The maximum atomic E-state index is 13.2. The number of carbonyl (C=O) groups excluding carboxylic acids is 2. The summed E-state index contributed by atoms with van der Waals surface area (Å²) in [5, 5.41) is 11.6. The molecule has 0 bridgehead atoms. The predicted molar refractivity (Wildman–Crippen MR) is 127 cm³/mol. The molecular weight excluding hydrogens is 465 g/mol. The lowest BCUT2D eigenvalue weighted by molar-refractivity contribution is -0.141. The van der Waals surface area contributed by atoms with Crippen LogP contribution in [0.25, 0.3) is 5.76 Å². The lowest BCUT2D eigenvalue weighted by atomic mass is 9.91. The van der Waals surface area contributed by atoms with Crippen LogP contribution in [0.3, 0.4) is 0 Å². The highest BCUT2D eigenvalue weighted by atomic mass is 35.5. The Kier molecular flexibility index (Phi) is 6.86. The maximum Gasteiger partial charge on any atom is 0.295 e. The first-order valence-electron chi connectivity index (χ1n) is 10.8. The summed E-state index contributed by atoms with van der Waals surface area (Å²) < 4.78 is 10.4. The highest BCUT2D eigenvalue weighted by Crippen LogP contribution is 2.44. The Balaban J connectivity index is 1.88. The highest BCUT2D eigenvalue weighted by molar-refractivity contribution is 6.47. The topological polar surface area (TPSA) is 76.1 Å². The van der Waals surface area contributed by atoms with E-state index >= 15 is 0 Å². The second-order valence-electron chi connectivity index (χ2n) is 8.24. The van der Waals surface area contributed by atoms with E-state index < -0.39 is 17.7 Å². The largest absolute Gasteiger partial charge is 0.507 e. The monoisotopic (exact) mass is 489 g/mol. The van der Waals surface area contributed by atoms with Gasteiger partial charge in [0.15, 0.2) is 5.75 Å². The van der Waals surface area contributed by atoms with Crippen molar-refractivity contribution in [3.05, 3.63) is 63.1 Å². The molecule has 1 aliphatic carbocycles. The number of hydrogen-bond donors (Lipinski definition) is 1. The number of benzene rings is 2. The average Bonchev–Trinajstić information content (AvgIpc) is 3.09. The molecule has 1 atom stereocenters. The molecule has 2 aromatic carbocycles. The molecule has 174 valence electrons. The Morgan fingerprint density at radius 1 is 0.970 bits per heavy atom. The first kappa shape index (κ1) is 23.5. The fraction of sp³-hybridized carbons (Fsp3) is 0.360. The van der Waals surface area contributed by atoms with Gasteiger partial charge >= 0.3 is 0 Å². The van der Waals surface area contributed by atoms with Crippen LogP contribution in [-0.2, 0) is 9.59 Å². The van der Waals surface area contributed by atoms with Gasteiger partial charge < -0.3 is 19.5 Å². The van der Waals surface area contributed by atoms with Crippen molar-refractivity contribution in [3.8, 4) is 11.5 Å². The number of Topliss-reactive ketones (excluding diaryl/α,β-unsaturated/α-hetero) is 1. The number of halogens is 2. The van der Waals surface area contributed by atoms with E-state index in [-0.39, 0.29) is 38.7 Å². The number of aliphatic hydroxyl groups excluding tert-OH is 1. The van der Waals surface area contributed by atoms with Gasteiger partial charge in [0.05, 0.1) is 35.9 Å². The summed E-state index contributed by atoms with van der Waals surface area (Å²) in [6.07, 6.45) is 4.73. The van der Waals surface area contributed by atoms with E-state index in [9.17, 15) is 14.7 Å². The maximum absolute atomic E-state index is 13.2. The van der Waals surface area contributed by atoms with Gasteiger partial charge in [-0.3, -0.25) is 9.59 Å². The van der Waals surface area contributed by atoms with Crippen LogP contribution in [0.5, 0.6) is 11.5 Å². The zero-order valence-corrected chi connectivity index (χ0v) is 19.9. The van der Waals surface area contributed by atoms with Gasteiger partial charge in [-0.05, 0) is 42.7 Å². The summed E-state index contributed by atoms with van der Waals surface area (Å²) in [6, 6.07) is 9.32. The first-order chi connectivity index (χ1) is 15.9. The Morgan fingerprint density at radius 3 is 2.12 bits per heavy atom. The van der Waals surface area contributed by atoms with Crippen molar-refractivity contribution >= 4 is 40.7 Å². The number of hydrogen-bond acceptors (Lipinski definition) is 5. The minimum absolute atomic E-state index is 0.0213. The zero-order chi connectivity index (χ0) is 23.7. The smallest absolute Gasteiger partial charge is 0.295 e. The van der Waals surface area contributed by atoms with Crippen molar-refractivity contribution in [1.82, 2.24) is 4.90 Å². The van der Waals surface area contributed by atoms with Gasteiger partial charge in [0.2, 0.25) is 0 Å². The lowest BCUT2D eigenvalue weighted by Gasteiger charge is -2.35. The second-order valence-corrected chi connectivity index (χ2v) is 9.06. The Bertz CT molecular complexity index is 1080. The normalized spacial score (nSPS) is 20.8. The summed E-state index contributed by atoms with van der Waals surface area (Å²) in [5.41, 5.74) is 0.979. The SMILES string of the molecule is COc1ccc(C2/C(=C(\O)c3cc(Cl)c(OC)c(Cl)c3)C(=O)C(=O)N2C2CCCCC2)cc1. The van der Waals surface area contributed by atoms with Crippen LogP contribution in [0.15, 0.2) is 42.0 Å². The van der Waals surface area contributed by atoms with Crippen molar-refractivity contribution in [2.45, 2.75) is 44.2 Å². The minimum Gasteiger partial charge on any atom is -0.507 e. The molecule has 8 heteroatoms. The summed E-state index contributed by atoms with van der Waals surface area (Å²) in [5.74, 6) is -0.720. The molecule has 2 aliphatic rings. The summed E-state index contributed by atoms with van der Waals surface area (Å²) in [4.78, 5) is 28.1. The number of methoxy groups -OCH3 is 2. The molecule has 1 saturated heterocycles. The summed E-state index contributed by atoms with van der Waals surface area (Å²) in [7, 11) is 3.01. The summed E-state index contributed by atoms with van der Waals surface area (Å²) >= 11 is 12.5. The van der Waals surface area contributed by atoms with E-state index in [0.29, 0.717) is 11.3 Å². The first-order valence-corrected chi connectivity index (χ1v) is 11.6. The number of rotatable bonds is 5. The molecule has 4 rings (SSSR count). The Morgan fingerprint density at radius 2 is 1.58 bits per heavy atom. The van der Waals surface area contributed by atoms with Crippen LogP contribution in [0, 0.1) is 0 Å². The van der Waals surface area contributed by atoms with Crippen molar-refractivity contribution in [2.24, 2.45) is 0 Å². The van der Waals surface area contributed by atoms with Crippen molar-refractivity contribution in [3.63, 3.8) is 0 Å². The van der Waals surface area contributed by atoms with Crippen molar-refractivity contribution < 1.29 is 24.2 Å². The van der Waals surface area contributed by atoms with Gasteiger partial charge in [-0.25, -0.2) is 0 Å². The van der Waals surface area contributed by atoms with E-state index in [4.69, 9.17) is 32.7 Å². The fourth-order valence-corrected chi connectivity index (χ4v) is 5.39. The number of likely N-dealkylation sites (tertiary alicyclic amines) is 1. The zero-order valence-electron chi connectivity index (χ0n) is 18.4. The number of ketones is 1. The molecular formula is C25H25Cl2NO5. The molecule has 33 heavy (non-hydrogen) atoms. The number of nitrogens with zero attached hydrogens (tertiary/aromatic N) is 1. The van der Waals surface area contributed by atoms with E-state index in [1.807, 2.05) is 12.1 Å². The molecule has 0 aromatic heterocycles. The standard InChI is InChI=1S/C25H25Cl2NO5/c1-32-17-10-8-14(9-11-17)21-20(22(29)15-12-18(26)24(33-2)19(27)13-15)23(30)25(31)28(21)16-6-4-3-5-7-16/h8-13,16,21,29H,3-7H2,1-2H3/b22-20+. The quantitative estimate of drug-likeness (QED) is 0.328. The average molecular weight is 490 g/mol. The molecule has 6 nitrogen and oxygen atoms in total. The lowest BCUT2D eigenvalue weighted by Crippen LogP contribution is -2.40. The molecule has 1 aliphatic heterocycles. The van der Waals surface area contributed by atoms with Crippen molar-refractivity contribution in [1.29, 1.82) is 0 Å². The fourth-order valence-electron chi connectivity index (χ4n) is 4.75. The number of aliphatic hydroxyl groups is 1. The van der Waals surface area contributed by atoms with E-state index in [1.165, 1.54) is 19.2 Å². The third-order valence-electron chi connectivity index (χ3n) is 6.36. The molecule has 2 fully saturated rings. The second kappa shape index (κ2) is 9.65. The van der Waals surface area contributed by atoms with Crippen LogP contribution < -0.4 is 9.47 Å². The van der Waals surface area contributed by atoms with E-state index in [1.54, 1.807) is 24.1 Å². The molecule has 0 spiro atoms. The van der Waals surface area contributed by atoms with Gasteiger partial charge in [0.25, 0.3) is 11.7 Å².